The van der Waals surface area contributed by atoms with Crippen molar-refractivity contribution in [3.05, 3.63) is 24.0 Å². The molecule has 0 fully saturated rings. The first-order valence-electron chi connectivity index (χ1n) is 5.30. The fourth-order valence-electron chi connectivity index (χ4n) is 1.39. The largest absolute Gasteiger partial charge is 0.399 e. The lowest BCUT2D eigenvalue weighted by molar-refractivity contribution is 0.0748. The average Bonchev–Trinajstić information content (AvgIpc) is 2.29. The second kappa shape index (κ2) is 6.07. The van der Waals surface area contributed by atoms with Crippen LogP contribution in [-0.4, -0.2) is 40.6 Å². The van der Waals surface area contributed by atoms with Crippen molar-refractivity contribution in [2.45, 2.75) is 13.3 Å². The van der Waals surface area contributed by atoms with E-state index in [4.69, 9.17) is 10.8 Å². The summed E-state index contributed by atoms with van der Waals surface area (Å²) in [7, 11) is 0. The number of aliphatic hydroxyl groups is 1. The monoisotopic (exact) mass is 223 g/mol. The molecule has 0 unspecified atom stereocenters. The van der Waals surface area contributed by atoms with Crippen LogP contribution in [0.25, 0.3) is 0 Å². The van der Waals surface area contributed by atoms with Crippen molar-refractivity contribution in [3.63, 3.8) is 0 Å². The van der Waals surface area contributed by atoms with Crippen molar-refractivity contribution >= 4 is 11.6 Å². The van der Waals surface area contributed by atoms with Crippen molar-refractivity contribution in [2.24, 2.45) is 0 Å². The number of hydrogen-bond donors (Lipinski definition) is 2. The molecule has 1 amide bonds. The first kappa shape index (κ1) is 12.4. The van der Waals surface area contributed by atoms with E-state index in [-0.39, 0.29) is 12.5 Å². The summed E-state index contributed by atoms with van der Waals surface area (Å²) in [6.07, 6.45) is 2.09. The zero-order valence-corrected chi connectivity index (χ0v) is 9.39. The molecule has 0 aromatic carbocycles. The Labute approximate surface area is 94.9 Å². The number of carbonyl (C=O) groups is 1. The van der Waals surface area contributed by atoms with Gasteiger partial charge in [0.2, 0.25) is 0 Å². The molecule has 1 heterocycles. The number of nitrogens with zero attached hydrogens (tertiary/aromatic N) is 2. The number of carbonyl (C=O) groups excluding carboxylic acids is 1. The lowest BCUT2D eigenvalue weighted by atomic mass is 10.2. The molecule has 0 saturated heterocycles. The number of aliphatic hydroxyl groups excluding tert-OH is 1. The van der Waals surface area contributed by atoms with E-state index in [1.807, 2.05) is 6.92 Å². The molecule has 0 spiro atoms. The predicted octanol–water partition coefficient (Wildman–Crippen LogP) is 0.508. The number of hydrogen-bond acceptors (Lipinski definition) is 4. The fourth-order valence-corrected chi connectivity index (χ4v) is 1.39. The molecule has 1 aromatic rings. The molecule has 0 aliphatic heterocycles. The van der Waals surface area contributed by atoms with Crippen LogP contribution in [0.3, 0.4) is 0 Å². The van der Waals surface area contributed by atoms with Crippen molar-refractivity contribution in [3.8, 4) is 0 Å². The van der Waals surface area contributed by atoms with Crippen LogP contribution >= 0.6 is 0 Å². The minimum Gasteiger partial charge on any atom is -0.399 e. The first-order valence-corrected chi connectivity index (χ1v) is 5.30. The van der Waals surface area contributed by atoms with Gasteiger partial charge < -0.3 is 15.7 Å². The van der Waals surface area contributed by atoms with Gasteiger partial charge in [0.25, 0.3) is 5.91 Å². The number of pyridine rings is 1. The molecular weight excluding hydrogens is 206 g/mol. The van der Waals surface area contributed by atoms with Gasteiger partial charge in [-0.2, -0.15) is 0 Å². The highest BCUT2D eigenvalue weighted by molar-refractivity contribution is 5.93. The van der Waals surface area contributed by atoms with Crippen LogP contribution in [-0.2, 0) is 0 Å². The van der Waals surface area contributed by atoms with E-state index in [1.165, 1.54) is 6.20 Å². The zero-order valence-electron chi connectivity index (χ0n) is 9.39. The van der Waals surface area contributed by atoms with Crippen LogP contribution in [0.2, 0.25) is 0 Å². The SMILES string of the molecule is CCN(CCCO)C(=O)c1cc(N)ccn1. The van der Waals surface area contributed by atoms with Gasteiger partial charge in [0, 0.05) is 31.6 Å². The average molecular weight is 223 g/mol. The highest BCUT2D eigenvalue weighted by Gasteiger charge is 2.14. The Morgan fingerprint density at radius 2 is 2.38 bits per heavy atom. The lowest BCUT2D eigenvalue weighted by Gasteiger charge is -2.19. The van der Waals surface area contributed by atoms with Gasteiger partial charge in [-0.15, -0.1) is 0 Å². The second-order valence-corrected chi connectivity index (χ2v) is 3.44. The van der Waals surface area contributed by atoms with Crippen molar-refractivity contribution < 1.29 is 9.90 Å². The molecule has 0 bridgehead atoms. The van der Waals surface area contributed by atoms with Gasteiger partial charge in [0.05, 0.1) is 0 Å². The van der Waals surface area contributed by atoms with Crippen molar-refractivity contribution in [2.75, 3.05) is 25.4 Å². The second-order valence-electron chi connectivity index (χ2n) is 3.44. The molecule has 1 aromatic heterocycles. The van der Waals surface area contributed by atoms with E-state index in [0.29, 0.717) is 30.9 Å². The zero-order chi connectivity index (χ0) is 12.0. The van der Waals surface area contributed by atoms with Gasteiger partial charge >= 0.3 is 0 Å². The number of aromatic nitrogens is 1. The molecule has 16 heavy (non-hydrogen) atoms. The molecule has 0 radical (unpaired) electrons. The Morgan fingerprint density at radius 1 is 1.62 bits per heavy atom. The van der Waals surface area contributed by atoms with Gasteiger partial charge in [0.15, 0.2) is 0 Å². The maximum Gasteiger partial charge on any atom is 0.272 e. The molecule has 88 valence electrons. The maximum absolute atomic E-state index is 12.0. The highest BCUT2D eigenvalue weighted by Crippen LogP contribution is 2.06. The number of anilines is 1. The summed E-state index contributed by atoms with van der Waals surface area (Å²) in [5.74, 6) is -0.150. The minimum atomic E-state index is -0.150. The van der Waals surface area contributed by atoms with Crippen LogP contribution in [0, 0.1) is 0 Å². The topological polar surface area (TPSA) is 79.5 Å². The van der Waals surface area contributed by atoms with E-state index in [1.54, 1.807) is 17.0 Å². The lowest BCUT2D eigenvalue weighted by Crippen LogP contribution is -2.32. The third-order valence-corrected chi connectivity index (χ3v) is 2.26. The molecule has 0 aliphatic rings. The highest BCUT2D eigenvalue weighted by atomic mass is 16.3. The number of rotatable bonds is 5. The Hall–Kier alpha value is -1.62. The summed E-state index contributed by atoms with van der Waals surface area (Å²) in [6, 6.07) is 3.20. The summed E-state index contributed by atoms with van der Waals surface area (Å²) in [5.41, 5.74) is 6.46. The molecule has 0 atom stereocenters. The van der Waals surface area contributed by atoms with Gasteiger partial charge in [0.1, 0.15) is 5.69 Å². The molecule has 0 aliphatic carbocycles. The standard InChI is InChI=1S/C11H17N3O2/c1-2-14(6-3-7-15)11(16)10-8-9(12)4-5-13-10/h4-5,8,15H,2-3,6-7H2,1H3,(H2,12,13). The summed E-state index contributed by atoms with van der Waals surface area (Å²) in [6.45, 7) is 3.09. The fraction of sp³-hybridized carbons (Fsp3) is 0.455. The summed E-state index contributed by atoms with van der Waals surface area (Å²) in [4.78, 5) is 17.6. The molecule has 0 saturated carbocycles. The molecule has 5 nitrogen and oxygen atoms in total. The Balaban J connectivity index is 2.74. The third-order valence-electron chi connectivity index (χ3n) is 2.26. The third kappa shape index (κ3) is 3.20. The van der Waals surface area contributed by atoms with Crippen molar-refractivity contribution in [1.29, 1.82) is 0 Å². The van der Waals surface area contributed by atoms with Crippen LogP contribution in [0.5, 0.6) is 0 Å². The summed E-state index contributed by atoms with van der Waals surface area (Å²) >= 11 is 0. The Bertz CT molecular complexity index is 355. The minimum absolute atomic E-state index is 0.0775. The normalized spacial score (nSPS) is 10.1. The predicted molar refractivity (Wildman–Crippen MR) is 61.9 cm³/mol. The van der Waals surface area contributed by atoms with Gasteiger partial charge in [-0.3, -0.25) is 9.78 Å². The van der Waals surface area contributed by atoms with Gasteiger partial charge in [-0.05, 0) is 25.5 Å². The number of nitrogens with two attached hydrogens (primary N) is 1. The van der Waals surface area contributed by atoms with Crippen LogP contribution in [0.4, 0.5) is 5.69 Å². The molecular formula is C11H17N3O2. The quantitative estimate of drug-likeness (QED) is 0.762. The summed E-state index contributed by atoms with van der Waals surface area (Å²) < 4.78 is 0. The van der Waals surface area contributed by atoms with Crippen LogP contribution in [0.15, 0.2) is 18.3 Å². The Kier molecular flexibility index (Phi) is 4.72. The van der Waals surface area contributed by atoms with E-state index >= 15 is 0 Å². The van der Waals surface area contributed by atoms with Crippen LogP contribution in [0.1, 0.15) is 23.8 Å². The molecule has 3 N–H and O–H groups in total. The smallest absolute Gasteiger partial charge is 0.272 e. The van der Waals surface area contributed by atoms with E-state index in [2.05, 4.69) is 4.98 Å². The number of amides is 1. The summed E-state index contributed by atoms with van der Waals surface area (Å²) in [5, 5.41) is 8.73. The molecule has 5 heteroatoms. The first-order chi connectivity index (χ1) is 7.69. The maximum atomic E-state index is 12.0. The van der Waals surface area contributed by atoms with E-state index < -0.39 is 0 Å². The van der Waals surface area contributed by atoms with E-state index in [9.17, 15) is 4.79 Å². The van der Waals surface area contributed by atoms with Crippen LogP contribution < -0.4 is 5.73 Å². The van der Waals surface area contributed by atoms with Gasteiger partial charge in [-0.25, -0.2) is 0 Å². The Morgan fingerprint density at radius 3 is 2.94 bits per heavy atom. The number of nitrogen functional groups attached to an aromatic ring is 1. The van der Waals surface area contributed by atoms with Gasteiger partial charge in [-0.1, -0.05) is 0 Å². The molecule has 1 rings (SSSR count). The van der Waals surface area contributed by atoms with Crippen molar-refractivity contribution in [1.82, 2.24) is 9.88 Å². The van der Waals surface area contributed by atoms with E-state index in [0.717, 1.165) is 0 Å².